The van der Waals surface area contributed by atoms with E-state index in [2.05, 4.69) is 4.98 Å². The highest BCUT2D eigenvalue weighted by atomic mass is 32.1. The number of carbonyl (C=O) groups is 1. The van der Waals surface area contributed by atoms with Crippen LogP contribution in [0.2, 0.25) is 0 Å². The van der Waals surface area contributed by atoms with Crippen molar-refractivity contribution in [1.29, 1.82) is 0 Å². The first-order valence-corrected chi connectivity index (χ1v) is 8.92. The van der Waals surface area contributed by atoms with Crippen LogP contribution in [0.15, 0.2) is 46.4 Å². The van der Waals surface area contributed by atoms with E-state index in [1.54, 1.807) is 25.6 Å². The Hall–Kier alpha value is -2.80. The second-order valence-electron chi connectivity index (χ2n) is 5.47. The molecule has 1 aromatic carbocycles. The van der Waals surface area contributed by atoms with E-state index in [0.29, 0.717) is 29.5 Å². The number of nitrogens with zero attached hydrogens (tertiary/aromatic N) is 1. The maximum atomic E-state index is 12.0. The molecule has 0 saturated heterocycles. The summed E-state index contributed by atoms with van der Waals surface area (Å²) in [5, 5.41) is 1.95. The lowest BCUT2D eigenvalue weighted by Crippen LogP contribution is -2.06. The fourth-order valence-electron chi connectivity index (χ4n) is 2.40. The van der Waals surface area contributed by atoms with Crippen LogP contribution in [-0.4, -0.2) is 25.2 Å². The molecule has 3 rings (SSSR count). The average Bonchev–Trinajstić information content (AvgIpc) is 3.35. The molecule has 0 aliphatic carbocycles. The van der Waals surface area contributed by atoms with Gasteiger partial charge < -0.3 is 18.6 Å². The Bertz CT molecular complexity index is 857. The van der Waals surface area contributed by atoms with Gasteiger partial charge in [0.05, 0.1) is 19.1 Å². The lowest BCUT2D eigenvalue weighted by Gasteiger charge is -2.09. The summed E-state index contributed by atoms with van der Waals surface area (Å²) in [6.45, 7) is 0.0969. The summed E-state index contributed by atoms with van der Waals surface area (Å²) in [5.74, 6) is 1.55. The highest BCUT2D eigenvalue weighted by molar-refractivity contribution is 7.13. The van der Waals surface area contributed by atoms with Gasteiger partial charge in [-0.05, 0) is 35.6 Å². The van der Waals surface area contributed by atoms with Crippen molar-refractivity contribution in [3.05, 3.63) is 53.2 Å². The van der Waals surface area contributed by atoms with E-state index in [1.807, 2.05) is 35.7 Å². The highest BCUT2D eigenvalue weighted by Crippen LogP contribution is 2.28. The van der Waals surface area contributed by atoms with Crippen molar-refractivity contribution in [2.75, 3.05) is 14.2 Å². The largest absolute Gasteiger partial charge is 0.493 e. The van der Waals surface area contributed by atoms with E-state index < -0.39 is 0 Å². The van der Waals surface area contributed by atoms with Crippen LogP contribution in [0.25, 0.3) is 10.8 Å². The van der Waals surface area contributed by atoms with Gasteiger partial charge in [0, 0.05) is 6.42 Å². The van der Waals surface area contributed by atoms with Crippen molar-refractivity contribution in [1.82, 2.24) is 4.98 Å². The van der Waals surface area contributed by atoms with Crippen LogP contribution >= 0.6 is 11.3 Å². The molecule has 0 amide bonds. The predicted molar refractivity (Wildman–Crippen MR) is 97.5 cm³/mol. The molecule has 0 N–H and O–H groups in total. The molecule has 3 aromatic rings. The van der Waals surface area contributed by atoms with Crippen molar-refractivity contribution in [2.45, 2.75) is 19.4 Å². The quantitative estimate of drug-likeness (QED) is 0.554. The number of benzene rings is 1. The Morgan fingerprint density at radius 1 is 1.19 bits per heavy atom. The SMILES string of the molecule is COc1ccc(CCC(=O)OCc2coc(-c3cccs3)n2)cc1OC. The van der Waals surface area contributed by atoms with E-state index in [4.69, 9.17) is 18.6 Å². The number of thiophene rings is 1. The molecular weight excluding hydrogens is 354 g/mol. The number of hydrogen-bond acceptors (Lipinski definition) is 7. The molecule has 0 aliphatic heterocycles. The van der Waals surface area contributed by atoms with Crippen LogP contribution < -0.4 is 9.47 Å². The van der Waals surface area contributed by atoms with Crippen molar-refractivity contribution in [2.24, 2.45) is 0 Å². The first-order chi connectivity index (χ1) is 12.7. The number of carbonyl (C=O) groups excluding carboxylic acids is 1. The number of oxazole rings is 1. The summed E-state index contributed by atoms with van der Waals surface area (Å²) < 4.78 is 21.1. The van der Waals surface area contributed by atoms with Gasteiger partial charge >= 0.3 is 5.97 Å². The van der Waals surface area contributed by atoms with Gasteiger partial charge in [-0.25, -0.2) is 4.98 Å². The molecule has 26 heavy (non-hydrogen) atoms. The number of aromatic nitrogens is 1. The fourth-order valence-corrected chi connectivity index (χ4v) is 3.05. The molecule has 0 saturated carbocycles. The number of rotatable bonds is 8. The highest BCUT2D eigenvalue weighted by Gasteiger charge is 2.11. The Balaban J connectivity index is 1.49. The van der Waals surface area contributed by atoms with Crippen LogP contribution in [0.4, 0.5) is 0 Å². The van der Waals surface area contributed by atoms with E-state index in [1.165, 1.54) is 6.26 Å². The Labute approximate surface area is 155 Å². The number of aryl methyl sites for hydroxylation is 1. The third-order valence-corrected chi connectivity index (χ3v) is 4.59. The lowest BCUT2D eigenvalue weighted by atomic mass is 10.1. The standard InChI is InChI=1S/C19H19NO5S/c1-22-15-7-5-13(10-16(15)23-2)6-8-18(21)24-11-14-12-25-19(20-14)17-4-3-9-26-17/h3-5,7,9-10,12H,6,8,11H2,1-2H3. The summed E-state index contributed by atoms with van der Waals surface area (Å²) in [6, 6.07) is 9.44. The molecule has 0 aliphatic rings. The maximum absolute atomic E-state index is 12.0. The first-order valence-electron chi connectivity index (χ1n) is 8.04. The monoisotopic (exact) mass is 373 g/mol. The molecule has 7 heteroatoms. The number of esters is 1. The number of hydrogen-bond donors (Lipinski definition) is 0. The second kappa shape index (κ2) is 8.53. The van der Waals surface area contributed by atoms with Gasteiger partial charge in [-0.15, -0.1) is 11.3 Å². The smallest absolute Gasteiger partial charge is 0.306 e. The third kappa shape index (κ3) is 4.43. The Morgan fingerprint density at radius 3 is 2.77 bits per heavy atom. The third-order valence-electron chi connectivity index (χ3n) is 3.73. The summed E-state index contributed by atoms with van der Waals surface area (Å²) in [5.41, 5.74) is 1.56. The Kier molecular flexibility index (Phi) is 5.91. The molecule has 6 nitrogen and oxygen atoms in total. The zero-order valence-corrected chi connectivity index (χ0v) is 15.4. The van der Waals surface area contributed by atoms with Gasteiger partial charge in [0.2, 0.25) is 5.89 Å². The molecule has 0 atom stereocenters. The van der Waals surface area contributed by atoms with Gasteiger partial charge in [-0.1, -0.05) is 12.1 Å². The van der Waals surface area contributed by atoms with E-state index in [-0.39, 0.29) is 19.0 Å². The van der Waals surface area contributed by atoms with Crippen molar-refractivity contribution >= 4 is 17.3 Å². The van der Waals surface area contributed by atoms with Crippen LogP contribution in [-0.2, 0) is 22.6 Å². The summed E-state index contributed by atoms with van der Waals surface area (Å²) in [6.07, 6.45) is 2.33. The molecule has 0 bridgehead atoms. The minimum Gasteiger partial charge on any atom is -0.493 e. The van der Waals surface area contributed by atoms with E-state index >= 15 is 0 Å². The van der Waals surface area contributed by atoms with Crippen molar-refractivity contribution in [3.8, 4) is 22.3 Å². The summed E-state index contributed by atoms with van der Waals surface area (Å²) in [4.78, 5) is 17.2. The lowest BCUT2D eigenvalue weighted by molar-refractivity contribution is -0.145. The zero-order chi connectivity index (χ0) is 18.4. The van der Waals surface area contributed by atoms with Gasteiger partial charge in [-0.3, -0.25) is 4.79 Å². The number of methoxy groups -OCH3 is 2. The molecule has 136 valence electrons. The minimum atomic E-state index is -0.291. The van der Waals surface area contributed by atoms with Crippen molar-refractivity contribution < 1.29 is 23.4 Å². The minimum absolute atomic E-state index is 0.0969. The predicted octanol–water partition coefficient (Wildman–Crippen LogP) is 4.10. The van der Waals surface area contributed by atoms with Crippen LogP contribution in [0.1, 0.15) is 17.7 Å². The molecule has 0 spiro atoms. The van der Waals surface area contributed by atoms with Gasteiger partial charge in [0.15, 0.2) is 11.5 Å². The van der Waals surface area contributed by atoms with Crippen LogP contribution in [0.5, 0.6) is 11.5 Å². The van der Waals surface area contributed by atoms with Gasteiger partial charge in [0.1, 0.15) is 18.6 Å². The van der Waals surface area contributed by atoms with Crippen LogP contribution in [0.3, 0.4) is 0 Å². The van der Waals surface area contributed by atoms with Crippen LogP contribution in [0, 0.1) is 0 Å². The fraction of sp³-hybridized carbons (Fsp3) is 0.263. The normalized spacial score (nSPS) is 10.5. The zero-order valence-electron chi connectivity index (χ0n) is 14.6. The van der Waals surface area contributed by atoms with E-state index in [0.717, 1.165) is 10.4 Å². The summed E-state index contributed by atoms with van der Waals surface area (Å²) >= 11 is 1.54. The molecule has 2 heterocycles. The number of ether oxygens (including phenoxy) is 3. The Morgan fingerprint density at radius 2 is 2.04 bits per heavy atom. The van der Waals surface area contributed by atoms with Crippen molar-refractivity contribution in [3.63, 3.8) is 0 Å². The first kappa shape index (κ1) is 18.0. The summed E-state index contributed by atoms with van der Waals surface area (Å²) in [7, 11) is 3.17. The van der Waals surface area contributed by atoms with Gasteiger partial charge in [0.25, 0.3) is 0 Å². The average molecular weight is 373 g/mol. The molecular formula is C19H19NO5S. The second-order valence-corrected chi connectivity index (χ2v) is 6.42. The molecule has 0 fully saturated rings. The van der Waals surface area contributed by atoms with E-state index in [9.17, 15) is 4.79 Å². The molecule has 2 aromatic heterocycles. The molecule has 0 radical (unpaired) electrons. The maximum Gasteiger partial charge on any atom is 0.306 e. The van der Waals surface area contributed by atoms with Gasteiger partial charge in [-0.2, -0.15) is 0 Å². The topological polar surface area (TPSA) is 70.8 Å². The molecule has 0 unspecified atom stereocenters.